The topological polar surface area (TPSA) is 0 Å². The third kappa shape index (κ3) is 2.40. The van der Waals surface area contributed by atoms with Crippen molar-refractivity contribution in [2.75, 3.05) is 0 Å². The van der Waals surface area contributed by atoms with Crippen LogP contribution < -0.4 is 0 Å². The highest BCUT2D eigenvalue weighted by Gasteiger charge is 2.37. The lowest BCUT2D eigenvalue weighted by Gasteiger charge is -2.30. The van der Waals surface area contributed by atoms with Gasteiger partial charge in [-0.15, -0.1) is 0 Å². The monoisotopic (exact) mass is 302 g/mol. The van der Waals surface area contributed by atoms with Crippen molar-refractivity contribution in [1.29, 1.82) is 0 Å². The molecule has 17 heavy (non-hydrogen) atoms. The van der Waals surface area contributed by atoms with Gasteiger partial charge in [0, 0.05) is 16.5 Å². The van der Waals surface area contributed by atoms with E-state index in [-0.39, 0.29) is 10.2 Å². The molecule has 1 saturated carbocycles. The molecule has 1 aromatic carbocycles. The average molecular weight is 303 g/mol. The fourth-order valence-electron chi connectivity index (χ4n) is 2.69. The Hall–Kier alpha value is -0.440. The number of alkyl halides is 1. The van der Waals surface area contributed by atoms with E-state index in [0.717, 1.165) is 18.9 Å². The summed E-state index contributed by atoms with van der Waals surface area (Å²) >= 11 is 3.62. The Kier molecular flexibility index (Phi) is 3.58. The minimum Gasteiger partial charge on any atom is -0.207 e. The van der Waals surface area contributed by atoms with E-state index in [0.29, 0.717) is 11.1 Å². The van der Waals surface area contributed by atoms with E-state index in [1.165, 1.54) is 12.8 Å². The van der Waals surface area contributed by atoms with E-state index in [1.807, 2.05) is 0 Å². The van der Waals surface area contributed by atoms with Crippen molar-refractivity contribution in [3.8, 4) is 0 Å². The van der Waals surface area contributed by atoms with Crippen LogP contribution in [-0.4, -0.2) is 0 Å². The van der Waals surface area contributed by atoms with Crippen molar-refractivity contribution in [2.24, 2.45) is 5.41 Å². The first-order valence-corrected chi connectivity index (χ1v) is 6.95. The van der Waals surface area contributed by atoms with Crippen LogP contribution in [0.15, 0.2) is 12.1 Å². The molecule has 0 aromatic heterocycles. The molecule has 3 heteroatoms. The molecule has 0 bridgehead atoms. The zero-order valence-electron chi connectivity index (χ0n) is 10.2. The molecule has 0 N–H and O–H groups in total. The van der Waals surface area contributed by atoms with Gasteiger partial charge in [-0.3, -0.25) is 0 Å². The van der Waals surface area contributed by atoms with E-state index in [2.05, 4.69) is 22.9 Å². The largest absolute Gasteiger partial charge is 0.207 e. The number of rotatable bonds is 2. The van der Waals surface area contributed by atoms with Crippen LogP contribution in [0.25, 0.3) is 0 Å². The standard InChI is InChI=1S/C14H17BrF2/c1-9-7-10(12(17)8-11(9)16)13(15)14(2)5-3-4-6-14/h7-8,13H,3-6H2,1-2H3. The second-order valence-corrected chi connectivity index (χ2v) is 6.26. The molecule has 1 aliphatic carbocycles. The van der Waals surface area contributed by atoms with Crippen molar-refractivity contribution < 1.29 is 8.78 Å². The van der Waals surface area contributed by atoms with Crippen molar-refractivity contribution in [2.45, 2.75) is 44.4 Å². The van der Waals surface area contributed by atoms with E-state index >= 15 is 0 Å². The zero-order chi connectivity index (χ0) is 12.6. The number of hydrogen-bond donors (Lipinski definition) is 0. The zero-order valence-corrected chi connectivity index (χ0v) is 11.8. The van der Waals surface area contributed by atoms with Crippen LogP contribution in [-0.2, 0) is 0 Å². The van der Waals surface area contributed by atoms with E-state index < -0.39 is 11.6 Å². The lowest BCUT2D eigenvalue weighted by molar-refractivity contribution is 0.325. The molecule has 0 nitrogen and oxygen atoms in total. The summed E-state index contributed by atoms with van der Waals surface area (Å²) in [6, 6.07) is 2.63. The van der Waals surface area contributed by atoms with E-state index in [1.54, 1.807) is 13.0 Å². The van der Waals surface area contributed by atoms with Gasteiger partial charge in [-0.05, 0) is 36.8 Å². The van der Waals surface area contributed by atoms with Gasteiger partial charge in [0.1, 0.15) is 11.6 Å². The van der Waals surface area contributed by atoms with Gasteiger partial charge in [0.2, 0.25) is 0 Å². The molecule has 0 saturated heterocycles. The lowest BCUT2D eigenvalue weighted by atomic mass is 9.81. The van der Waals surface area contributed by atoms with Gasteiger partial charge in [0.25, 0.3) is 0 Å². The quantitative estimate of drug-likeness (QED) is 0.651. The molecular weight excluding hydrogens is 286 g/mol. The Bertz CT molecular complexity index is 422. The molecular formula is C14H17BrF2. The third-order valence-corrected chi connectivity index (χ3v) is 5.51. The highest BCUT2D eigenvalue weighted by molar-refractivity contribution is 9.09. The molecule has 0 heterocycles. The Labute approximate surface area is 110 Å². The van der Waals surface area contributed by atoms with E-state index in [9.17, 15) is 8.78 Å². The number of benzene rings is 1. The van der Waals surface area contributed by atoms with Crippen LogP contribution in [0.5, 0.6) is 0 Å². The molecule has 1 aliphatic rings. The Balaban J connectivity index is 2.36. The normalized spacial score (nSPS) is 20.5. The minimum atomic E-state index is -0.470. The van der Waals surface area contributed by atoms with E-state index in [4.69, 9.17) is 0 Å². The van der Waals surface area contributed by atoms with Crippen molar-refractivity contribution >= 4 is 15.9 Å². The molecule has 0 radical (unpaired) electrons. The Morgan fingerprint density at radius 3 is 2.35 bits per heavy atom. The fraction of sp³-hybridized carbons (Fsp3) is 0.571. The maximum atomic E-state index is 13.8. The molecule has 1 unspecified atom stereocenters. The molecule has 94 valence electrons. The van der Waals surface area contributed by atoms with Gasteiger partial charge < -0.3 is 0 Å². The average Bonchev–Trinajstić information content (AvgIpc) is 2.71. The molecule has 0 spiro atoms. The van der Waals surface area contributed by atoms with Gasteiger partial charge in [0.05, 0.1) is 0 Å². The summed E-state index contributed by atoms with van der Waals surface area (Å²) in [5, 5.41) is 0. The Morgan fingerprint density at radius 1 is 1.18 bits per heavy atom. The van der Waals surface area contributed by atoms with Crippen LogP contribution in [0.3, 0.4) is 0 Å². The van der Waals surface area contributed by atoms with Gasteiger partial charge in [-0.25, -0.2) is 8.78 Å². The summed E-state index contributed by atoms with van der Waals surface area (Å²) in [5.74, 6) is -0.911. The third-order valence-electron chi connectivity index (χ3n) is 3.91. The van der Waals surface area contributed by atoms with Gasteiger partial charge in [0.15, 0.2) is 0 Å². The van der Waals surface area contributed by atoms with Crippen LogP contribution in [0, 0.1) is 24.0 Å². The van der Waals surface area contributed by atoms with Crippen molar-refractivity contribution in [3.05, 3.63) is 34.9 Å². The number of hydrogen-bond acceptors (Lipinski definition) is 0. The maximum Gasteiger partial charge on any atom is 0.130 e. The summed E-state index contributed by atoms with van der Waals surface area (Å²) in [6.45, 7) is 3.85. The first-order chi connectivity index (χ1) is 7.94. The fourth-order valence-corrected chi connectivity index (χ4v) is 3.49. The summed E-state index contributed by atoms with van der Waals surface area (Å²) < 4.78 is 27.1. The molecule has 1 aromatic rings. The van der Waals surface area contributed by atoms with Crippen LogP contribution >= 0.6 is 15.9 Å². The Morgan fingerprint density at radius 2 is 1.76 bits per heavy atom. The van der Waals surface area contributed by atoms with Crippen molar-refractivity contribution in [1.82, 2.24) is 0 Å². The van der Waals surface area contributed by atoms with Crippen LogP contribution in [0.1, 0.15) is 48.6 Å². The maximum absolute atomic E-state index is 13.8. The predicted octanol–water partition coefficient (Wildman–Crippen LogP) is 5.29. The summed E-state index contributed by atoms with van der Waals surface area (Å²) in [6.07, 6.45) is 4.58. The lowest BCUT2D eigenvalue weighted by Crippen LogP contribution is -2.19. The SMILES string of the molecule is Cc1cc(C(Br)C2(C)CCCC2)c(F)cc1F. The molecule has 0 amide bonds. The first kappa shape index (κ1) is 13.0. The molecule has 0 aliphatic heterocycles. The smallest absolute Gasteiger partial charge is 0.130 e. The van der Waals surface area contributed by atoms with Crippen LogP contribution in [0.2, 0.25) is 0 Å². The summed E-state index contributed by atoms with van der Waals surface area (Å²) in [5.41, 5.74) is 1.19. The molecule has 2 rings (SSSR count). The minimum absolute atomic E-state index is 0.0307. The summed E-state index contributed by atoms with van der Waals surface area (Å²) in [7, 11) is 0. The summed E-state index contributed by atoms with van der Waals surface area (Å²) in [4.78, 5) is -0.0307. The van der Waals surface area contributed by atoms with Gasteiger partial charge >= 0.3 is 0 Å². The highest BCUT2D eigenvalue weighted by Crippen LogP contribution is 2.52. The first-order valence-electron chi connectivity index (χ1n) is 6.04. The molecule has 1 atom stereocenters. The molecule has 1 fully saturated rings. The van der Waals surface area contributed by atoms with Crippen molar-refractivity contribution in [3.63, 3.8) is 0 Å². The van der Waals surface area contributed by atoms with Gasteiger partial charge in [-0.2, -0.15) is 0 Å². The second-order valence-electron chi connectivity index (χ2n) is 5.35. The highest BCUT2D eigenvalue weighted by atomic mass is 79.9. The van der Waals surface area contributed by atoms with Crippen LogP contribution in [0.4, 0.5) is 8.78 Å². The number of aryl methyl sites for hydroxylation is 1. The van der Waals surface area contributed by atoms with Gasteiger partial charge in [-0.1, -0.05) is 35.7 Å². The number of halogens is 3. The predicted molar refractivity (Wildman–Crippen MR) is 69.3 cm³/mol. The second kappa shape index (κ2) is 4.68.